The van der Waals surface area contributed by atoms with E-state index in [1.807, 2.05) is 25.1 Å². The van der Waals surface area contributed by atoms with Crippen molar-refractivity contribution in [3.8, 4) is 0 Å². The van der Waals surface area contributed by atoms with Crippen molar-refractivity contribution in [3.05, 3.63) is 45.3 Å². The fraction of sp³-hybridized carbons (Fsp3) is 0.154. The van der Waals surface area contributed by atoms with Crippen LogP contribution in [0.4, 0.5) is 0 Å². The number of fused-ring (bicyclic) bond motifs is 3. The zero-order valence-electron chi connectivity index (χ0n) is 9.30. The summed E-state index contributed by atoms with van der Waals surface area (Å²) in [6.45, 7) is 2.02. The summed E-state index contributed by atoms with van der Waals surface area (Å²) in [5.74, 6) is 0. The van der Waals surface area contributed by atoms with Gasteiger partial charge in [-0.25, -0.2) is 0 Å². The number of nitrogens with one attached hydrogen (secondary N) is 2. The predicted octanol–water partition coefficient (Wildman–Crippen LogP) is 3.23. The van der Waals surface area contributed by atoms with Crippen molar-refractivity contribution in [2.75, 3.05) is 0 Å². The maximum absolute atomic E-state index is 11.6. The Morgan fingerprint density at radius 2 is 2.00 bits per heavy atom. The Labute approximate surface area is 102 Å². The molecule has 3 aromatic rings. The van der Waals surface area contributed by atoms with E-state index in [-0.39, 0.29) is 5.56 Å². The number of aryl methyl sites for hydroxylation is 1. The molecule has 0 aliphatic carbocycles. The van der Waals surface area contributed by atoms with Crippen LogP contribution >= 0.6 is 11.6 Å². The summed E-state index contributed by atoms with van der Waals surface area (Å²) in [5, 5.41) is 2.68. The highest BCUT2D eigenvalue weighted by atomic mass is 35.5. The maximum Gasteiger partial charge on any atom is 0.248 e. The van der Waals surface area contributed by atoms with E-state index in [2.05, 4.69) is 9.97 Å². The van der Waals surface area contributed by atoms with Gasteiger partial charge in [0.15, 0.2) is 0 Å². The first-order valence-corrected chi connectivity index (χ1v) is 5.90. The molecule has 0 atom stereocenters. The molecule has 3 rings (SSSR count). The number of aromatic nitrogens is 2. The molecule has 1 aromatic carbocycles. The minimum absolute atomic E-state index is 0.0646. The van der Waals surface area contributed by atoms with Crippen molar-refractivity contribution in [1.82, 2.24) is 9.97 Å². The smallest absolute Gasteiger partial charge is 0.248 e. The SMILES string of the molecule is CCc1[nH]c(=O)cc2c1[nH]c1cc(Cl)ccc12. The lowest BCUT2D eigenvalue weighted by Gasteiger charge is -1.98. The van der Waals surface area contributed by atoms with Gasteiger partial charge in [0.1, 0.15) is 0 Å². The third-order valence-electron chi connectivity index (χ3n) is 3.01. The van der Waals surface area contributed by atoms with Crippen molar-refractivity contribution < 1.29 is 0 Å². The van der Waals surface area contributed by atoms with Crippen LogP contribution in [0, 0.1) is 0 Å². The Morgan fingerprint density at radius 3 is 2.76 bits per heavy atom. The Balaban J connectivity index is 2.55. The predicted molar refractivity (Wildman–Crippen MR) is 70.8 cm³/mol. The standard InChI is InChI=1S/C13H11ClN2O/c1-2-10-13-9(6-12(17)15-10)8-4-3-7(14)5-11(8)16-13/h3-6,16H,2H2,1H3,(H,15,17). The first-order chi connectivity index (χ1) is 8.19. The molecule has 0 fully saturated rings. The van der Waals surface area contributed by atoms with E-state index in [1.54, 1.807) is 6.07 Å². The molecule has 0 radical (unpaired) electrons. The third-order valence-corrected chi connectivity index (χ3v) is 3.24. The van der Waals surface area contributed by atoms with Gasteiger partial charge >= 0.3 is 0 Å². The van der Waals surface area contributed by atoms with E-state index in [4.69, 9.17) is 11.6 Å². The van der Waals surface area contributed by atoms with Crippen LogP contribution in [0.15, 0.2) is 29.1 Å². The lowest BCUT2D eigenvalue weighted by Crippen LogP contribution is -2.06. The Bertz CT molecular complexity index is 770. The minimum atomic E-state index is -0.0646. The van der Waals surface area contributed by atoms with Gasteiger partial charge in [-0.3, -0.25) is 4.79 Å². The summed E-state index contributed by atoms with van der Waals surface area (Å²) in [6.07, 6.45) is 0.785. The second-order valence-corrected chi connectivity index (χ2v) is 4.51. The highest BCUT2D eigenvalue weighted by molar-refractivity contribution is 6.31. The summed E-state index contributed by atoms with van der Waals surface area (Å²) in [6, 6.07) is 7.28. The van der Waals surface area contributed by atoms with Gasteiger partial charge in [0.05, 0.1) is 5.52 Å². The molecular formula is C13H11ClN2O. The van der Waals surface area contributed by atoms with Gasteiger partial charge in [-0.05, 0) is 18.6 Å². The van der Waals surface area contributed by atoms with Gasteiger partial charge < -0.3 is 9.97 Å². The molecular weight excluding hydrogens is 236 g/mol. The molecule has 0 amide bonds. The van der Waals surface area contributed by atoms with Crippen LogP contribution < -0.4 is 5.56 Å². The summed E-state index contributed by atoms with van der Waals surface area (Å²) in [5.41, 5.74) is 2.82. The topological polar surface area (TPSA) is 48.6 Å². The van der Waals surface area contributed by atoms with Crippen LogP contribution in [0.3, 0.4) is 0 Å². The summed E-state index contributed by atoms with van der Waals surface area (Å²) < 4.78 is 0. The number of rotatable bonds is 1. The van der Waals surface area contributed by atoms with Crippen molar-refractivity contribution in [2.24, 2.45) is 0 Å². The number of hydrogen-bond acceptors (Lipinski definition) is 1. The molecule has 0 saturated carbocycles. The maximum atomic E-state index is 11.6. The zero-order valence-corrected chi connectivity index (χ0v) is 10.1. The molecule has 2 N–H and O–H groups in total. The van der Waals surface area contributed by atoms with Crippen molar-refractivity contribution >= 4 is 33.4 Å². The fourth-order valence-corrected chi connectivity index (χ4v) is 2.40. The number of halogens is 1. The highest BCUT2D eigenvalue weighted by Crippen LogP contribution is 2.27. The third kappa shape index (κ3) is 1.54. The first kappa shape index (κ1) is 10.4. The highest BCUT2D eigenvalue weighted by Gasteiger charge is 2.08. The molecule has 4 heteroatoms. The van der Waals surface area contributed by atoms with Crippen LogP contribution in [-0.4, -0.2) is 9.97 Å². The lowest BCUT2D eigenvalue weighted by atomic mass is 10.1. The molecule has 3 nitrogen and oxygen atoms in total. The summed E-state index contributed by atoms with van der Waals surface area (Å²) >= 11 is 5.96. The van der Waals surface area contributed by atoms with Gasteiger partial charge in [-0.1, -0.05) is 24.6 Å². The van der Waals surface area contributed by atoms with Crippen LogP contribution in [0.1, 0.15) is 12.6 Å². The first-order valence-electron chi connectivity index (χ1n) is 5.52. The van der Waals surface area contributed by atoms with Crippen LogP contribution in [0.2, 0.25) is 5.02 Å². The largest absolute Gasteiger partial charge is 0.353 e. The van der Waals surface area contributed by atoms with Gasteiger partial charge in [-0.15, -0.1) is 0 Å². The van der Waals surface area contributed by atoms with Gasteiger partial charge in [0.25, 0.3) is 0 Å². The molecule has 0 unspecified atom stereocenters. The second-order valence-electron chi connectivity index (χ2n) is 4.07. The van der Waals surface area contributed by atoms with Crippen molar-refractivity contribution in [3.63, 3.8) is 0 Å². The molecule has 86 valence electrons. The van der Waals surface area contributed by atoms with Crippen LogP contribution in [0.25, 0.3) is 21.8 Å². The van der Waals surface area contributed by atoms with E-state index in [9.17, 15) is 4.79 Å². The molecule has 0 spiro atoms. The number of pyridine rings is 1. The molecule has 2 heterocycles. The van der Waals surface area contributed by atoms with E-state index >= 15 is 0 Å². The van der Waals surface area contributed by atoms with Crippen LogP contribution in [0.5, 0.6) is 0 Å². The molecule has 0 saturated heterocycles. The van der Waals surface area contributed by atoms with Crippen molar-refractivity contribution in [1.29, 1.82) is 0 Å². The molecule has 17 heavy (non-hydrogen) atoms. The Hall–Kier alpha value is -1.74. The summed E-state index contributed by atoms with van der Waals surface area (Å²) in [7, 11) is 0. The second kappa shape index (κ2) is 3.64. The molecule has 0 aliphatic rings. The van der Waals surface area contributed by atoms with E-state index in [0.717, 1.165) is 33.9 Å². The lowest BCUT2D eigenvalue weighted by molar-refractivity contribution is 1.03. The quantitative estimate of drug-likeness (QED) is 0.681. The average molecular weight is 247 g/mol. The Kier molecular flexibility index (Phi) is 2.23. The van der Waals surface area contributed by atoms with Crippen LogP contribution in [-0.2, 0) is 6.42 Å². The van der Waals surface area contributed by atoms with Gasteiger partial charge in [0.2, 0.25) is 5.56 Å². The molecule has 2 aromatic heterocycles. The summed E-state index contributed by atoms with van der Waals surface area (Å²) in [4.78, 5) is 17.7. The normalized spacial score (nSPS) is 11.4. The average Bonchev–Trinajstić information content (AvgIpc) is 2.65. The molecule has 0 bridgehead atoms. The zero-order chi connectivity index (χ0) is 12.0. The van der Waals surface area contributed by atoms with E-state index in [0.29, 0.717) is 5.02 Å². The minimum Gasteiger partial charge on any atom is -0.353 e. The van der Waals surface area contributed by atoms with Crippen molar-refractivity contribution in [2.45, 2.75) is 13.3 Å². The fourth-order valence-electron chi connectivity index (χ4n) is 2.22. The van der Waals surface area contributed by atoms with E-state index in [1.165, 1.54) is 0 Å². The van der Waals surface area contributed by atoms with E-state index < -0.39 is 0 Å². The van der Waals surface area contributed by atoms with Gasteiger partial charge in [0, 0.05) is 33.1 Å². The Morgan fingerprint density at radius 1 is 1.18 bits per heavy atom. The number of aromatic amines is 2. The number of H-pyrrole nitrogens is 2. The van der Waals surface area contributed by atoms with Gasteiger partial charge in [-0.2, -0.15) is 0 Å². The monoisotopic (exact) mass is 246 g/mol. The molecule has 0 aliphatic heterocycles. The number of benzene rings is 1. The number of hydrogen-bond donors (Lipinski definition) is 2.